The minimum absolute atomic E-state index is 0.113. The van der Waals surface area contributed by atoms with Crippen LogP contribution in [0.15, 0.2) is 30.3 Å². The summed E-state index contributed by atoms with van der Waals surface area (Å²) in [6.07, 6.45) is 5.06. The van der Waals surface area contributed by atoms with Crippen LogP contribution >= 0.6 is 0 Å². The molecule has 1 aromatic carbocycles. The van der Waals surface area contributed by atoms with Gasteiger partial charge >= 0.3 is 0 Å². The Kier molecular flexibility index (Phi) is 3.31. The average molecular weight is 258 g/mol. The molecule has 1 heterocycles. The molecule has 2 fully saturated rings. The van der Waals surface area contributed by atoms with Gasteiger partial charge in [0.25, 0.3) is 0 Å². The fourth-order valence-electron chi connectivity index (χ4n) is 3.13. The molecule has 19 heavy (non-hydrogen) atoms. The summed E-state index contributed by atoms with van der Waals surface area (Å²) in [5.74, 6) is 0.339. The number of benzene rings is 1. The van der Waals surface area contributed by atoms with Crippen molar-refractivity contribution >= 4 is 5.91 Å². The van der Waals surface area contributed by atoms with E-state index >= 15 is 0 Å². The lowest BCUT2D eigenvalue weighted by molar-refractivity contribution is -0.138. The normalized spacial score (nSPS) is 25.1. The molecule has 3 rings (SSSR count). The molecule has 1 aliphatic carbocycles. The van der Waals surface area contributed by atoms with Crippen LogP contribution in [0.5, 0.6) is 0 Å². The second kappa shape index (κ2) is 4.97. The third-order valence-corrected chi connectivity index (χ3v) is 4.44. The van der Waals surface area contributed by atoms with E-state index in [0.29, 0.717) is 5.91 Å². The minimum atomic E-state index is -0.113. The fraction of sp³-hybridized carbons (Fsp3) is 0.562. The Labute approximate surface area is 114 Å². The highest BCUT2D eigenvalue weighted by Crippen LogP contribution is 2.50. The van der Waals surface area contributed by atoms with Crippen LogP contribution in [0.25, 0.3) is 0 Å². The lowest BCUT2D eigenvalue weighted by Gasteiger charge is -2.33. The monoisotopic (exact) mass is 258 g/mol. The maximum absolute atomic E-state index is 12.7. The predicted molar refractivity (Wildman–Crippen MR) is 75.6 cm³/mol. The molecule has 102 valence electrons. The van der Waals surface area contributed by atoms with Gasteiger partial charge in [0, 0.05) is 19.1 Å². The summed E-state index contributed by atoms with van der Waals surface area (Å²) >= 11 is 0. The lowest BCUT2D eigenvalue weighted by Crippen LogP contribution is -2.48. The van der Waals surface area contributed by atoms with Crippen molar-refractivity contribution in [2.45, 2.75) is 38.1 Å². The topological polar surface area (TPSA) is 46.3 Å². The largest absolute Gasteiger partial charge is 0.341 e. The molecular weight excluding hydrogens is 236 g/mol. The van der Waals surface area contributed by atoms with Crippen molar-refractivity contribution in [1.29, 1.82) is 0 Å². The Morgan fingerprint density at radius 3 is 2.68 bits per heavy atom. The van der Waals surface area contributed by atoms with Crippen molar-refractivity contribution in [1.82, 2.24) is 4.90 Å². The summed E-state index contributed by atoms with van der Waals surface area (Å²) in [6, 6.07) is 10.5. The molecule has 1 unspecified atom stereocenters. The van der Waals surface area contributed by atoms with Crippen LogP contribution < -0.4 is 5.73 Å². The van der Waals surface area contributed by atoms with Crippen molar-refractivity contribution in [2.75, 3.05) is 13.1 Å². The van der Waals surface area contributed by atoms with Gasteiger partial charge in [-0.05, 0) is 37.7 Å². The highest BCUT2D eigenvalue weighted by Gasteiger charge is 2.51. The number of hydrogen-bond donors (Lipinski definition) is 1. The van der Waals surface area contributed by atoms with E-state index in [1.165, 1.54) is 5.56 Å². The Morgan fingerprint density at radius 2 is 2.05 bits per heavy atom. The number of amides is 1. The molecule has 0 radical (unpaired) electrons. The fourth-order valence-corrected chi connectivity index (χ4v) is 3.13. The molecule has 1 saturated carbocycles. The van der Waals surface area contributed by atoms with E-state index in [2.05, 4.69) is 12.1 Å². The molecule has 0 bridgehead atoms. The molecule has 1 saturated heterocycles. The molecule has 3 nitrogen and oxygen atoms in total. The summed E-state index contributed by atoms with van der Waals surface area (Å²) < 4.78 is 0. The molecule has 0 spiro atoms. The van der Waals surface area contributed by atoms with Crippen LogP contribution in [0.4, 0.5) is 0 Å². The first-order valence-electron chi connectivity index (χ1n) is 7.28. The number of nitrogens with zero attached hydrogens (tertiary/aromatic N) is 1. The van der Waals surface area contributed by atoms with Crippen LogP contribution in [0.1, 0.15) is 31.2 Å². The number of piperidine rings is 1. The van der Waals surface area contributed by atoms with Gasteiger partial charge in [0.1, 0.15) is 0 Å². The highest BCUT2D eigenvalue weighted by atomic mass is 16.2. The van der Waals surface area contributed by atoms with Gasteiger partial charge in [0.05, 0.1) is 5.41 Å². The van der Waals surface area contributed by atoms with Crippen molar-refractivity contribution in [3.05, 3.63) is 35.9 Å². The Morgan fingerprint density at radius 1 is 1.32 bits per heavy atom. The Bertz CT molecular complexity index is 453. The molecule has 0 aromatic heterocycles. The van der Waals surface area contributed by atoms with E-state index in [4.69, 9.17) is 5.73 Å². The molecule has 2 aliphatic rings. The van der Waals surface area contributed by atoms with Gasteiger partial charge in [0.15, 0.2) is 0 Å². The van der Waals surface area contributed by atoms with E-state index in [-0.39, 0.29) is 11.5 Å². The predicted octanol–water partition coefficient (Wildman–Crippen LogP) is 1.96. The number of hydrogen-bond acceptors (Lipinski definition) is 2. The highest BCUT2D eigenvalue weighted by molar-refractivity contribution is 5.85. The van der Waals surface area contributed by atoms with Crippen molar-refractivity contribution in [3.8, 4) is 0 Å². The van der Waals surface area contributed by atoms with Crippen molar-refractivity contribution in [3.63, 3.8) is 0 Å². The number of likely N-dealkylation sites (tertiary alicyclic amines) is 1. The second-order valence-corrected chi connectivity index (χ2v) is 6.10. The zero-order chi connectivity index (χ0) is 13.3. The van der Waals surface area contributed by atoms with E-state index in [1.54, 1.807) is 0 Å². The van der Waals surface area contributed by atoms with Crippen LogP contribution in [-0.2, 0) is 11.2 Å². The molecular formula is C16H22N2O. The minimum Gasteiger partial charge on any atom is -0.341 e. The molecule has 3 heteroatoms. The summed E-state index contributed by atoms with van der Waals surface area (Å²) in [5, 5.41) is 0. The Balaban J connectivity index is 1.69. The molecule has 1 aliphatic heterocycles. The molecule has 2 N–H and O–H groups in total. The van der Waals surface area contributed by atoms with Gasteiger partial charge in [0.2, 0.25) is 5.91 Å². The summed E-state index contributed by atoms with van der Waals surface area (Å²) in [6.45, 7) is 1.64. The standard InChI is InChI=1S/C16H22N2O/c17-14-7-4-10-18(12-14)15(19)16(8-9-16)11-13-5-2-1-3-6-13/h1-3,5-6,14H,4,7-12,17H2. The smallest absolute Gasteiger partial charge is 0.229 e. The maximum Gasteiger partial charge on any atom is 0.229 e. The number of nitrogens with two attached hydrogens (primary N) is 1. The summed E-state index contributed by atoms with van der Waals surface area (Å²) in [7, 11) is 0. The first-order chi connectivity index (χ1) is 9.20. The number of carbonyl (C=O) groups excluding carboxylic acids is 1. The first-order valence-corrected chi connectivity index (χ1v) is 7.28. The first kappa shape index (κ1) is 12.7. The SMILES string of the molecule is NC1CCCN(C(=O)C2(Cc3ccccc3)CC2)C1. The average Bonchev–Trinajstić information content (AvgIpc) is 3.20. The van der Waals surface area contributed by atoms with Crippen LogP contribution in [0.2, 0.25) is 0 Å². The lowest BCUT2D eigenvalue weighted by atomic mass is 9.93. The van der Waals surface area contributed by atoms with E-state index in [9.17, 15) is 4.79 Å². The van der Waals surface area contributed by atoms with Gasteiger partial charge < -0.3 is 10.6 Å². The second-order valence-electron chi connectivity index (χ2n) is 6.10. The Hall–Kier alpha value is -1.35. The molecule has 1 amide bonds. The van der Waals surface area contributed by atoms with E-state index in [0.717, 1.165) is 45.2 Å². The van der Waals surface area contributed by atoms with Crippen LogP contribution in [0, 0.1) is 5.41 Å². The van der Waals surface area contributed by atoms with Gasteiger partial charge in [-0.25, -0.2) is 0 Å². The van der Waals surface area contributed by atoms with Gasteiger partial charge in [-0.2, -0.15) is 0 Å². The van der Waals surface area contributed by atoms with Crippen LogP contribution in [-0.4, -0.2) is 29.9 Å². The zero-order valence-electron chi connectivity index (χ0n) is 11.3. The van der Waals surface area contributed by atoms with Crippen molar-refractivity contribution in [2.24, 2.45) is 11.1 Å². The van der Waals surface area contributed by atoms with Gasteiger partial charge in [-0.3, -0.25) is 4.79 Å². The third kappa shape index (κ3) is 2.66. The van der Waals surface area contributed by atoms with Crippen LogP contribution in [0.3, 0.4) is 0 Å². The summed E-state index contributed by atoms with van der Waals surface area (Å²) in [5.41, 5.74) is 7.15. The zero-order valence-corrected chi connectivity index (χ0v) is 11.3. The van der Waals surface area contributed by atoms with E-state index in [1.807, 2.05) is 23.1 Å². The molecule has 1 aromatic rings. The quantitative estimate of drug-likeness (QED) is 0.901. The van der Waals surface area contributed by atoms with Crippen molar-refractivity contribution < 1.29 is 4.79 Å². The van der Waals surface area contributed by atoms with Gasteiger partial charge in [-0.15, -0.1) is 0 Å². The van der Waals surface area contributed by atoms with Gasteiger partial charge in [-0.1, -0.05) is 30.3 Å². The van der Waals surface area contributed by atoms with E-state index < -0.39 is 0 Å². The molecule has 1 atom stereocenters. The third-order valence-electron chi connectivity index (χ3n) is 4.44. The maximum atomic E-state index is 12.7. The summed E-state index contributed by atoms with van der Waals surface area (Å²) in [4.78, 5) is 14.7. The number of carbonyl (C=O) groups is 1. The number of rotatable bonds is 3.